The van der Waals surface area contributed by atoms with Crippen LogP contribution in [0.2, 0.25) is 5.02 Å². The summed E-state index contributed by atoms with van der Waals surface area (Å²) in [5, 5.41) is 12.2. The van der Waals surface area contributed by atoms with Crippen molar-refractivity contribution in [1.82, 2.24) is 24.6 Å². The average molecular weight is 438 g/mol. The van der Waals surface area contributed by atoms with Gasteiger partial charge in [-0.2, -0.15) is 13.9 Å². The van der Waals surface area contributed by atoms with Gasteiger partial charge in [-0.1, -0.05) is 11.6 Å². The largest absolute Gasteiger partial charge is 0.379 e. The van der Waals surface area contributed by atoms with Crippen molar-refractivity contribution in [2.45, 2.75) is 26.3 Å². The van der Waals surface area contributed by atoms with Crippen LogP contribution in [-0.4, -0.2) is 42.9 Å². The molecule has 0 aliphatic heterocycles. The Labute approximate surface area is 172 Å². The van der Waals surface area contributed by atoms with Gasteiger partial charge in [0.2, 0.25) is 0 Å². The Morgan fingerprint density at radius 1 is 1.27 bits per heavy atom. The van der Waals surface area contributed by atoms with E-state index in [1.54, 1.807) is 0 Å². The predicted octanol–water partition coefficient (Wildman–Crippen LogP) is 4.09. The van der Waals surface area contributed by atoms with Crippen molar-refractivity contribution in [3.63, 3.8) is 0 Å². The van der Waals surface area contributed by atoms with Gasteiger partial charge in [0.1, 0.15) is 0 Å². The molecular formula is C18H15ClF3N7O. The van der Waals surface area contributed by atoms with Crippen LogP contribution in [0.25, 0.3) is 27.8 Å². The number of aromatic amines is 1. The number of fused-ring (bicyclic) bond motifs is 2. The highest BCUT2D eigenvalue weighted by Gasteiger charge is 2.23. The molecule has 0 fully saturated rings. The van der Waals surface area contributed by atoms with Gasteiger partial charge >= 0.3 is 6.43 Å². The number of hydrogen-bond donors (Lipinski definition) is 3. The molecule has 3 aromatic heterocycles. The molecule has 0 atom stereocenters. The highest BCUT2D eigenvalue weighted by molar-refractivity contribution is 6.35. The van der Waals surface area contributed by atoms with Crippen LogP contribution >= 0.6 is 11.6 Å². The lowest BCUT2D eigenvalue weighted by molar-refractivity contribution is -0.126. The quantitative estimate of drug-likeness (QED) is 0.436. The van der Waals surface area contributed by atoms with E-state index in [4.69, 9.17) is 11.6 Å². The van der Waals surface area contributed by atoms with Crippen molar-refractivity contribution in [1.29, 1.82) is 0 Å². The van der Waals surface area contributed by atoms with Crippen molar-refractivity contribution in [2.75, 3.05) is 10.6 Å². The molecule has 3 N–H and O–H groups in total. The number of carbonyl (C=O) groups is 1. The summed E-state index contributed by atoms with van der Waals surface area (Å²) >= 11 is 6.35. The summed E-state index contributed by atoms with van der Waals surface area (Å²) < 4.78 is 41.4. The van der Waals surface area contributed by atoms with Gasteiger partial charge in [-0.05, 0) is 13.8 Å². The molecule has 4 aromatic rings. The minimum atomic E-state index is -3.17. The Hall–Kier alpha value is -3.34. The van der Waals surface area contributed by atoms with Gasteiger partial charge in [-0.25, -0.2) is 9.37 Å². The first-order valence-corrected chi connectivity index (χ1v) is 9.18. The molecule has 156 valence electrons. The van der Waals surface area contributed by atoms with E-state index in [2.05, 4.69) is 25.5 Å². The minimum Gasteiger partial charge on any atom is -0.379 e. The predicted molar refractivity (Wildman–Crippen MR) is 106 cm³/mol. The molecule has 0 aliphatic rings. The van der Waals surface area contributed by atoms with Crippen LogP contribution in [-0.2, 0) is 4.79 Å². The second-order valence-electron chi connectivity index (χ2n) is 6.79. The van der Waals surface area contributed by atoms with E-state index in [1.807, 2.05) is 19.2 Å². The van der Waals surface area contributed by atoms with Crippen molar-refractivity contribution in [3.8, 4) is 11.3 Å². The first kappa shape index (κ1) is 20.0. The number of nitrogens with one attached hydrogen (secondary N) is 3. The molecule has 0 aliphatic carbocycles. The van der Waals surface area contributed by atoms with Crippen LogP contribution in [0.3, 0.4) is 0 Å². The van der Waals surface area contributed by atoms with Gasteiger partial charge in [-0.15, -0.1) is 0 Å². The number of nitrogens with zero attached hydrogens (tertiary/aromatic N) is 4. The van der Waals surface area contributed by atoms with Crippen LogP contribution < -0.4 is 10.6 Å². The summed E-state index contributed by atoms with van der Waals surface area (Å²) in [6, 6.07) is -0.0461. The molecule has 3 heterocycles. The molecule has 0 radical (unpaired) electrons. The number of carbonyl (C=O) groups excluding carboxylic acids is 1. The fraction of sp³-hybridized carbons (Fsp3) is 0.222. The van der Waals surface area contributed by atoms with Crippen LogP contribution in [0.4, 0.5) is 24.7 Å². The van der Waals surface area contributed by atoms with Crippen molar-refractivity contribution < 1.29 is 18.0 Å². The normalized spacial score (nSPS) is 11.7. The molecule has 1 amide bonds. The molecule has 1 aromatic carbocycles. The number of rotatable bonds is 5. The molecule has 0 saturated carbocycles. The molecule has 0 unspecified atom stereocenters. The van der Waals surface area contributed by atoms with Gasteiger partial charge < -0.3 is 15.0 Å². The van der Waals surface area contributed by atoms with Gasteiger partial charge in [-0.3, -0.25) is 14.9 Å². The maximum atomic E-state index is 15.0. The van der Waals surface area contributed by atoms with E-state index in [1.165, 1.54) is 29.2 Å². The fourth-order valence-corrected chi connectivity index (χ4v) is 3.35. The standard InChI is InChI=1S/C18H15ClF3N7O/c1-7(2)25-16-14(20)13(19)12(8-3-24-28-15(8)16)9-5-29-6-10(26-11(29)4-23-9)27-18(30)17(21)22/h3-7,17,25H,1-2H3,(H,24,28)(H,27,30). The Morgan fingerprint density at radius 2 is 2.03 bits per heavy atom. The van der Waals surface area contributed by atoms with E-state index in [0.717, 1.165) is 0 Å². The highest BCUT2D eigenvalue weighted by atomic mass is 35.5. The molecule has 12 heteroatoms. The van der Waals surface area contributed by atoms with Crippen LogP contribution in [0.15, 0.2) is 24.8 Å². The summed E-state index contributed by atoms with van der Waals surface area (Å²) in [7, 11) is 0. The number of halogens is 4. The summed E-state index contributed by atoms with van der Waals surface area (Å²) in [4.78, 5) is 19.5. The second kappa shape index (κ2) is 7.48. The molecule has 30 heavy (non-hydrogen) atoms. The van der Waals surface area contributed by atoms with Crippen LogP contribution in [0, 0.1) is 5.82 Å². The Bertz CT molecular complexity index is 1270. The van der Waals surface area contributed by atoms with Crippen LogP contribution in [0.1, 0.15) is 13.8 Å². The third-order valence-corrected chi connectivity index (χ3v) is 4.63. The number of benzene rings is 1. The Morgan fingerprint density at radius 3 is 2.73 bits per heavy atom. The number of anilines is 2. The van der Waals surface area contributed by atoms with Crippen molar-refractivity contribution in [3.05, 3.63) is 35.6 Å². The van der Waals surface area contributed by atoms with Gasteiger partial charge in [0, 0.05) is 23.2 Å². The minimum absolute atomic E-state index is 0.0461. The van der Waals surface area contributed by atoms with Gasteiger partial charge in [0.05, 0.1) is 40.5 Å². The number of hydrogen-bond acceptors (Lipinski definition) is 5. The fourth-order valence-electron chi connectivity index (χ4n) is 3.06. The van der Waals surface area contributed by atoms with Crippen molar-refractivity contribution >= 4 is 45.6 Å². The summed E-state index contributed by atoms with van der Waals surface area (Å²) in [5.41, 5.74) is 1.53. The topological polar surface area (TPSA) is 100 Å². The lowest BCUT2D eigenvalue weighted by Gasteiger charge is -2.15. The number of imidazole rings is 1. The zero-order valence-corrected chi connectivity index (χ0v) is 16.4. The monoisotopic (exact) mass is 437 g/mol. The zero-order valence-electron chi connectivity index (χ0n) is 15.7. The SMILES string of the molecule is CC(C)Nc1c(F)c(Cl)c(-c2cn3cc(NC(=O)C(F)F)nc3cn2)c2cn[nH]c12. The van der Waals surface area contributed by atoms with E-state index < -0.39 is 18.1 Å². The van der Waals surface area contributed by atoms with Gasteiger partial charge in [0.25, 0.3) is 5.91 Å². The molecule has 0 spiro atoms. The van der Waals surface area contributed by atoms with Crippen molar-refractivity contribution in [2.24, 2.45) is 0 Å². The second-order valence-corrected chi connectivity index (χ2v) is 7.17. The maximum absolute atomic E-state index is 15.0. The lowest BCUT2D eigenvalue weighted by Crippen LogP contribution is -2.20. The summed E-state index contributed by atoms with van der Waals surface area (Å²) in [6.07, 6.45) is 2.54. The molecule has 0 bridgehead atoms. The van der Waals surface area contributed by atoms with Crippen LogP contribution in [0.5, 0.6) is 0 Å². The number of aromatic nitrogens is 5. The molecular weight excluding hydrogens is 423 g/mol. The first-order valence-electron chi connectivity index (χ1n) is 8.81. The van der Waals surface area contributed by atoms with E-state index in [-0.39, 0.29) is 22.6 Å². The van der Waals surface area contributed by atoms with E-state index >= 15 is 4.39 Å². The molecule has 8 nitrogen and oxygen atoms in total. The first-order chi connectivity index (χ1) is 14.3. The smallest absolute Gasteiger partial charge is 0.315 e. The molecule has 4 rings (SSSR count). The summed E-state index contributed by atoms with van der Waals surface area (Å²) in [6.45, 7) is 3.73. The number of H-pyrrole nitrogens is 1. The average Bonchev–Trinajstić information content (AvgIpc) is 3.31. The molecule has 0 saturated heterocycles. The third kappa shape index (κ3) is 3.41. The number of amides is 1. The maximum Gasteiger partial charge on any atom is 0.315 e. The summed E-state index contributed by atoms with van der Waals surface area (Å²) in [5.74, 6) is -2.19. The van der Waals surface area contributed by atoms with E-state index in [9.17, 15) is 13.6 Å². The highest BCUT2D eigenvalue weighted by Crippen LogP contribution is 2.40. The zero-order chi connectivity index (χ0) is 21.6. The third-order valence-electron chi connectivity index (χ3n) is 4.27. The lowest BCUT2D eigenvalue weighted by atomic mass is 10.1. The van der Waals surface area contributed by atoms with Gasteiger partial charge in [0.15, 0.2) is 17.3 Å². The Kier molecular flexibility index (Phi) is 4.98. The Balaban J connectivity index is 1.83. The number of alkyl halides is 2. The van der Waals surface area contributed by atoms with E-state index in [0.29, 0.717) is 27.8 Å².